The number of nitrogens with one attached hydrogen (secondary N) is 2. The van der Waals surface area contributed by atoms with Crippen molar-refractivity contribution in [2.45, 2.75) is 19.9 Å². The second-order valence-electron chi connectivity index (χ2n) is 6.39. The molecule has 1 aromatic carbocycles. The number of fused-ring (bicyclic) bond motifs is 1. The summed E-state index contributed by atoms with van der Waals surface area (Å²) in [6.45, 7) is 3.40. The molecule has 138 valence electrons. The molecule has 3 rings (SSSR count). The zero-order chi connectivity index (χ0) is 19.4. The summed E-state index contributed by atoms with van der Waals surface area (Å²) in [6, 6.07) is 13.5. The number of hydrogen-bond acceptors (Lipinski definition) is 3. The van der Waals surface area contributed by atoms with Gasteiger partial charge in [0.2, 0.25) is 11.8 Å². The maximum atomic E-state index is 12.6. The average molecular weight is 362 g/mol. The van der Waals surface area contributed by atoms with E-state index in [0.717, 1.165) is 16.6 Å². The van der Waals surface area contributed by atoms with Gasteiger partial charge in [0.25, 0.3) is 0 Å². The smallest absolute Gasteiger partial charge is 0.246 e. The van der Waals surface area contributed by atoms with Crippen molar-refractivity contribution in [1.29, 1.82) is 0 Å². The fourth-order valence-electron chi connectivity index (χ4n) is 2.82. The number of amides is 2. The zero-order valence-corrected chi connectivity index (χ0v) is 15.6. The van der Waals surface area contributed by atoms with Gasteiger partial charge < -0.3 is 15.2 Å². The fraction of sp³-hybridized carbons (Fsp3) is 0.190. The Kier molecular flexibility index (Phi) is 5.35. The van der Waals surface area contributed by atoms with Crippen LogP contribution in [-0.2, 0) is 9.59 Å². The number of likely N-dealkylation sites (N-methyl/N-ethyl adjacent to an activating group) is 1. The first-order valence-electron chi connectivity index (χ1n) is 8.71. The zero-order valence-electron chi connectivity index (χ0n) is 15.6. The summed E-state index contributed by atoms with van der Waals surface area (Å²) in [7, 11) is 1.76. The van der Waals surface area contributed by atoms with Gasteiger partial charge in [-0.15, -0.1) is 0 Å². The van der Waals surface area contributed by atoms with E-state index in [9.17, 15) is 9.59 Å². The third kappa shape index (κ3) is 4.23. The number of hydrogen-bond donors (Lipinski definition) is 2. The first-order chi connectivity index (χ1) is 13.0. The number of aromatic nitrogens is 2. The number of carbonyl (C=O) groups is 2. The summed E-state index contributed by atoms with van der Waals surface area (Å²) in [5.74, 6) is 0.0818. The minimum Gasteiger partial charge on any atom is -0.357 e. The van der Waals surface area contributed by atoms with E-state index in [0.29, 0.717) is 11.4 Å². The number of pyridine rings is 1. The molecule has 0 aliphatic heterocycles. The fourth-order valence-corrected chi connectivity index (χ4v) is 2.82. The number of rotatable bonds is 5. The van der Waals surface area contributed by atoms with Crippen molar-refractivity contribution in [1.82, 2.24) is 14.9 Å². The van der Waals surface area contributed by atoms with Gasteiger partial charge >= 0.3 is 0 Å². The van der Waals surface area contributed by atoms with E-state index >= 15 is 0 Å². The highest BCUT2D eigenvalue weighted by molar-refractivity contribution is 5.94. The molecule has 0 saturated carbocycles. The van der Waals surface area contributed by atoms with E-state index in [2.05, 4.69) is 21.4 Å². The highest BCUT2D eigenvalue weighted by Gasteiger charge is 2.17. The van der Waals surface area contributed by atoms with Crippen molar-refractivity contribution >= 4 is 34.6 Å². The van der Waals surface area contributed by atoms with Crippen LogP contribution in [0.25, 0.3) is 17.0 Å². The first kappa shape index (κ1) is 18.4. The molecule has 0 bridgehead atoms. The molecular formula is C21H22N4O2. The van der Waals surface area contributed by atoms with Crippen molar-refractivity contribution in [3.63, 3.8) is 0 Å². The van der Waals surface area contributed by atoms with Crippen LogP contribution in [0.5, 0.6) is 0 Å². The van der Waals surface area contributed by atoms with Gasteiger partial charge in [-0.3, -0.25) is 9.59 Å². The maximum Gasteiger partial charge on any atom is 0.246 e. The minimum atomic E-state index is -0.209. The Bertz CT molecular complexity index is 973. The van der Waals surface area contributed by atoms with Crippen molar-refractivity contribution in [2.24, 2.45) is 0 Å². The Balaban J connectivity index is 1.75. The van der Waals surface area contributed by atoms with Gasteiger partial charge in [-0.2, -0.15) is 0 Å². The summed E-state index contributed by atoms with van der Waals surface area (Å²) in [4.78, 5) is 33.0. The molecule has 6 nitrogen and oxygen atoms in total. The van der Waals surface area contributed by atoms with E-state index in [1.807, 2.05) is 31.2 Å². The highest BCUT2D eigenvalue weighted by Crippen LogP contribution is 2.23. The van der Waals surface area contributed by atoms with Crippen LogP contribution in [0.4, 0.5) is 5.82 Å². The molecule has 1 atom stereocenters. The van der Waals surface area contributed by atoms with Crippen molar-refractivity contribution in [3.05, 3.63) is 66.0 Å². The second-order valence-corrected chi connectivity index (χ2v) is 6.39. The normalized spacial score (nSPS) is 12.3. The van der Waals surface area contributed by atoms with Crippen LogP contribution < -0.4 is 5.32 Å². The Hall–Kier alpha value is -3.41. The number of H-pyrrole nitrogens is 1. The lowest BCUT2D eigenvalue weighted by atomic mass is 10.2. The van der Waals surface area contributed by atoms with Crippen LogP contribution >= 0.6 is 0 Å². The quantitative estimate of drug-likeness (QED) is 0.679. The lowest BCUT2D eigenvalue weighted by molar-refractivity contribution is -0.126. The molecule has 27 heavy (non-hydrogen) atoms. The summed E-state index contributed by atoms with van der Waals surface area (Å²) < 4.78 is 0. The Morgan fingerprint density at radius 1 is 1.22 bits per heavy atom. The van der Waals surface area contributed by atoms with Crippen LogP contribution in [0.1, 0.15) is 31.1 Å². The molecule has 2 N–H and O–H groups in total. The molecule has 0 aliphatic rings. The van der Waals surface area contributed by atoms with Crippen molar-refractivity contribution < 1.29 is 9.59 Å². The van der Waals surface area contributed by atoms with Crippen LogP contribution in [0.3, 0.4) is 0 Å². The summed E-state index contributed by atoms with van der Waals surface area (Å²) in [5, 5.41) is 3.78. The lowest BCUT2D eigenvalue weighted by Gasteiger charge is -2.22. The van der Waals surface area contributed by atoms with Crippen LogP contribution in [0.2, 0.25) is 0 Å². The maximum absolute atomic E-state index is 12.6. The van der Waals surface area contributed by atoms with Gasteiger partial charge in [0, 0.05) is 43.0 Å². The third-order valence-corrected chi connectivity index (χ3v) is 4.47. The number of anilines is 1. The molecular weight excluding hydrogens is 340 g/mol. The van der Waals surface area contributed by atoms with E-state index < -0.39 is 0 Å². The molecule has 2 heterocycles. The highest BCUT2D eigenvalue weighted by atomic mass is 16.2. The summed E-state index contributed by atoms with van der Waals surface area (Å²) in [6.07, 6.45) is 4.74. The molecule has 0 spiro atoms. The average Bonchev–Trinajstić information content (AvgIpc) is 3.09. The number of carbonyl (C=O) groups excluding carboxylic acids is 2. The van der Waals surface area contributed by atoms with Crippen LogP contribution in [-0.4, -0.2) is 33.7 Å². The van der Waals surface area contributed by atoms with Gasteiger partial charge in [-0.25, -0.2) is 4.98 Å². The first-order valence-corrected chi connectivity index (χ1v) is 8.71. The predicted octanol–water partition coefficient (Wildman–Crippen LogP) is 3.75. The monoisotopic (exact) mass is 362 g/mol. The Labute approximate surface area is 157 Å². The van der Waals surface area contributed by atoms with E-state index in [1.54, 1.807) is 36.4 Å². The van der Waals surface area contributed by atoms with Gasteiger partial charge in [-0.05, 0) is 42.7 Å². The minimum absolute atomic E-state index is 0.113. The second kappa shape index (κ2) is 7.86. The number of aromatic amines is 1. The summed E-state index contributed by atoms with van der Waals surface area (Å²) in [5.41, 5.74) is 2.69. The standard InChI is InChI=1S/C21H22N4O2/c1-14(19-13-17-7-4-5-9-18(17)24-19)25(3)20(27)11-10-16-8-6-12-22-21(16)23-15(2)26/h4-14,24H,1-3H3,(H,22,23,26)/b11-10+. The molecule has 3 aromatic rings. The Morgan fingerprint density at radius 2 is 2.00 bits per heavy atom. The molecule has 2 amide bonds. The summed E-state index contributed by atoms with van der Waals surface area (Å²) >= 11 is 0. The van der Waals surface area contributed by atoms with Gasteiger partial charge in [0.1, 0.15) is 5.82 Å². The molecule has 2 aromatic heterocycles. The molecule has 0 radical (unpaired) electrons. The molecule has 0 saturated heterocycles. The predicted molar refractivity (Wildman–Crippen MR) is 107 cm³/mol. The SMILES string of the molecule is CC(=O)Nc1ncccc1/C=C/C(=O)N(C)C(C)c1cc2ccccc2[nH]1. The van der Waals surface area contributed by atoms with E-state index in [-0.39, 0.29) is 17.9 Å². The number of benzene rings is 1. The molecule has 6 heteroatoms. The molecule has 1 unspecified atom stereocenters. The van der Waals surface area contributed by atoms with E-state index in [1.165, 1.54) is 13.0 Å². The third-order valence-electron chi connectivity index (χ3n) is 4.47. The van der Waals surface area contributed by atoms with Gasteiger partial charge in [-0.1, -0.05) is 18.2 Å². The number of para-hydroxylation sites is 1. The van der Waals surface area contributed by atoms with E-state index in [4.69, 9.17) is 0 Å². The van der Waals surface area contributed by atoms with Crippen LogP contribution in [0.15, 0.2) is 54.7 Å². The molecule has 0 fully saturated rings. The number of nitrogens with zero attached hydrogens (tertiary/aromatic N) is 2. The van der Waals surface area contributed by atoms with Crippen molar-refractivity contribution in [2.75, 3.05) is 12.4 Å². The van der Waals surface area contributed by atoms with Gasteiger partial charge in [0.05, 0.1) is 6.04 Å². The lowest BCUT2D eigenvalue weighted by Crippen LogP contribution is -2.28. The molecule has 0 aliphatic carbocycles. The van der Waals surface area contributed by atoms with Crippen molar-refractivity contribution in [3.8, 4) is 0 Å². The van der Waals surface area contributed by atoms with Gasteiger partial charge in [0.15, 0.2) is 0 Å². The largest absolute Gasteiger partial charge is 0.357 e. The Morgan fingerprint density at radius 3 is 2.74 bits per heavy atom. The topological polar surface area (TPSA) is 78.1 Å². The van der Waals surface area contributed by atoms with Crippen LogP contribution in [0, 0.1) is 0 Å².